The number of hydrogen-bond donors (Lipinski definition) is 4. The van der Waals surface area contributed by atoms with E-state index in [-0.39, 0.29) is 33.9 Å². The normalized spacial score (nSPS) is 12.2. The number of aryl methyl sites for hydroxylation is 1. The summed E-state index contributed by atoms with van der Waals surface area (Å²) in [7, 11) is -4.02. The molecule has 0 saturated carbocycles. The van der Waals surface area contributed by atoms with Crippen LogP contribution in [0.15, 0.2) is 46.4 Å². The van der Waals surface area contributed by atoms with Crippen LogP contribution in [0.4, 0.5) is 5.69 Å². The van der Waals surface area contributed by atoms with E-state index in [0.29, 0.717) is 5.75 Å². The van der Waals surface area contributed by atoms with Crippen LogP contribution in [0.2, 0.25) is 0 Å². The Kier molecular flexibility index (Phi) is 6.89. The van der Waals surface area contributed by atoms with Gasteiger partial charge in [-0.05, 0) is 25.1 Å². The first-order valence-electron chi connectivity index (χ1n) is 7.98. The molecule has 1 aliphatic rings. The second kappa shape index (κ2) is 9.17. The first-order valence-corrected chi connectivity index (χ1v) is 9.42. The SMILES string of the molecule is Cc1ccc(S(=O)(=O)O)cc1.N=C(N)N(O)N=Cc1cc2c(cc1[N+](=O)[O-])OCO2. The van der Waals surface area contributed by atoms with E-state index in [9.17, 15) is 18.5 Å². The number of fused-ring (bicyclic) bond motifs is 1. The second-order valence-corrected chi connectivity index (χ2v) is 7.15. The van der Waals surface area contributed by atoms with Gasteiger partial charge in [-0.1, -0.05) is 17.7 Å². The van der Waals surface area contributed by atoms with Crippen molar-refractivity contribution in [2.75, 3.05) is 6.79 Å². The van der Waals surface area contributed by atoms with Gasteiger partial charge in [0, 0.05) is 0 Å². The van der Waals surface area contributed by atoms with Crippen molar-refractivity contribution in [1.82, 2.24) is 5.17 Å². The molecule has 5 N–H and O–H groups in total. The Morgan fingerprint density at radius 1 is 1.30 bits per heavy atom. The molecule has 0 amide bonds. The molecule has 0 spiro atoms. The largest absolute Gasteiger partial charge is 0.454 e. The molecule has 0 aliphatic carbocycles. The summed E-state index contributed by atoms with van der Waals surface area (Å²) in [4.78, 5) is 10.2. The molecule has 2 aromatic rings. The first-order chi connectivity index (χ1) is 14.0. The zero-order chi connectivity index (χ0) is 22.5. The summed E-state index contributed by atoms with van der Waals surface area (Å²) in [5.41, 5.74) is 5.72. The van der Waals surface area contributed by atoms with Gasteiger partial charge in [0.15, 0.2) is 11.5 Å². The lowest BCUT2D eigenvalue weighted by Crippen LogP contribution is -2.28. The van der Waals surface area contributed by atoms with Crippen LogP contribution >= 0.6 is 0 Å². The number of hydrogen-bond acceptors (Lipinski definition) is 9. The maximum absolute atomic E-state index is 10.9. The number of nitro groups is 1. The van der Waals surface area contributed by atoms with Crippen LogP contribution in [0.25, 0.3) is 0 Å². The van der Waals surface area contributed by atoms with Crippen molar-refractivity contribution in [2.45, 2.75) is 11.8 Å². The average Bonchev–Trinajstić information content (AvgIpc) is 3.12. The highest BCUT2D eigenvalue weighted by molar-refractivity contribution is 7.85. The van der Waals surface area contributed by atoms with E-state index >= 15 is 0 Å². The van der Waals surface area contributed by atoms with Gasteiger partial charge in [0.2, 0.25) is 12.8 Å². The third-order valence-corrected chi connectivity index (χ3v) is 4.43. The standard InChI is InChI=1S/C9H9N5O5.C7H8O3S/c10-9(11)13(15)12-3-5-1-7-8(19-4-18-7)2-6(5)14(16)17;1-6-2-4-7(5-3-6)11(8,9)10/h1-3,15H,4H2,(H3,10,11);2-5H,1H3,(H,8,9,10). The van der Waals surface area contributed by atoms with Crippen LogP contribution in [-0.4, -0.2) is 47.2 Å². The van der Waals surface area contributed by atoms with E-state index in [0.717, 1.165) is 11.8 Å². The number of hydroxylamine groups is 1. The third kappa shape index (κ3) is 5.87. The number of nitrogens with one attached hydrogen (secondary N) is 1. The molecule has 0 fully saturated rings. The monoisotopic (exact) mass is 439 g/mol. The molecule has 1 heterocycles. The number of nitro benzene ring substituents is 1. The van der Waals surface area contributed by atoms with Crippen molar-refractivity contribution in [2.24, 2.45) is 10.8 Å². The summed E-state index contributed by atoms with van der Waals surface area (Å²) >= 11 is 0. The molecule has 13 nitrogen and oxygen atoms in total. The zero-order valence-electron chi connectivity index (χ0n) is 15.4. The molecule has 0 bridgehead atoms. The van der Waals surface area contributed by atoms with Gasteiger partial charge < -0.3 is 15.2 Å². The number of nitrogens with zero attached hydrogens (tertiary/aromatic N) is 3. The minimum absolute atomic E-state index is 0.0212. The molecule has 0 saturated heterocycles. The molecular weight excluding hydrogens is 422 g/mol. The maximum Gasteiger partial charge on any atom is 0.294 e. The highest BCUT2D eigenvalue weighted by atomic mass is 32.2. The van der Waals surface area contributed by atoms with Crippen LogP contribution < -0.4 is 15.2 Å². The number of nitrogens with two attached hydrogens (primary N) is 1. The Balaban J connectivity index is 0.000000248. The Bertz CT molecular complexity index is 1090. The number of guanidine groups is 1. The van der Waals surface area contributed by atoms with Crippen LogP contribution in [0.5, 0.6) is 11.5 Å². The minimum atomic E-state index is -4.02. The van der Waals surface area contributed by atoms with E-state index in [1.54, 1.807) is 12.1 Å². The predicted molar refractivity (Wildman–Crippen MR) is 103 cm³/mol. The molecule has 14 heteroatoms. The van der Waals surface area contributed by atoms with E-state index in [1.807, 2.05) is 6.92 Å². The second-order valence-electron chi connectivity index (χ2n) is 5.73. The minimum Gasteiger partial charge on any atom is -0.454 e. The van der Waals surface area contributed by atoms with Crippen molar-refractivity contribution in [3.63, 3.8) is 0 Å². The van der Waals surface area contributed by atoms with Gasteiger partial charge in [-0.3, -0.25) is 25.3 Å². The van der Waals surface area contributed by atoms with E-state index < -0.39 is 21.0 Å². The Morgan fingerprint density at radius 3 is 2.37 bits per heavy atom. The third-order valence-electron chi connectivity index (χ3n) is 3.56. The number of benzene rings is 2. The van der Waals surface area contributed by atoms with Crippen molar-refractivity contribution >= 4 is 28.0 Å². The highest BCUT2D eigenvalue weighted by Gasteiger charge is 2.22. The summed E-state index contributed by atoms with van der Waals surface area (Å²) < 4.78 is 39.7. The zero-order valence-corrected chi connectivity index (χ0v) is 16.2. The summed E-state index contributed by atoms with van der Waals surface area (Å²) in [6.07, 6.45) is 0.988. The summed E-state index contributed by atoms with van der Waals surface area (Å²) in [5.74, 6) is -0.129. The van der Waals surface area contributed by atoms with Crippen molar-refractivity contribution in [1.29, 1.82) is 5.41 Å². The molecule has 0 radical (unpaired) electrons. The Hall–Kier alpha value is -3.75. The van der Waals surface area contributed by atoms with Gasteiger partial charge in [-0.15, -0.1) is 5.17 Å². The fourth-order valence-electron chi connectivity index (χ4n) is 2.10. The molecule has 1 aliphatic heterocycles. The van der Waals surface area contributed by atoms with Gasteiger partial charge >= 0.3 is 0 Å². The molecule has 0 unspecified atom stereocenters. The van der Waals surface area contributed by atoms with Crippen LogP contribution in [0.1, 0.15) is 11.1 Å². The lowest BCUT2D eigenvalue weighted by atomic mass is 10.1. The van der Waals surface area contributed by atoms with Gasteiger partial charge in [-0.25, -0.2) is 0 Å². The molecular formula is C16H17N5O8S. The van der Waals surface area contributed by atoms with Crippen LogP contribution in [-0.2, 0) is 10.1 Å². The quantitative estimate of drug-likeness (QED) is 0.178. The van der Waals surface area contributed by atoms with Gasteiger partial charge in [0.1, 0.15) is 0 Å². The molecule has 0 aromatic heterocycles. The highest BCUT2D eigenvalue weighted by Crippen LogP contribution is 2.37. The number of hydrazone groups is 1. The van der Waals surface area contributed by atoms with Gasteiger partial charge in [0.25, 0.3) is 15.8 Å². The average molecular weight is 439 g/mol. The smallest absolute Gasteiger partial charge is 0.294 e. The molecule has 2 aromatic carbocycles. The lowest BCUT2D eigenvalue weighted by molar-refractivity contribution is -0.385. The fraction of sp³-hybridized carbons (Fsp3) is 0.125. The van der Waals surface area contributed by atoms with E-state index in [1.165, 1.54) is 24.3 Å². The molecule has 160 valence electrons. The molecule has 30 heavy (non-hydrogen) atoms. The first kappa shape index (κ1) is 22.5. The topological polar surface area (TPSA) is 202 Å². The van der Waals surface area contributed by atoms with Gasteiger partial charge in [-0.2, -0.15) is 13.5 Å². The Morgan fingerprint density at radius 2 is 1.87 bits per heavy atom. The van der Waals surface area contributed by atoms with Crippen molar-refractivity contribution in [3.8, 4) is 11.5 Å². The molecule has 3 rings (SSSR count). The Labute approximate surface area is 170 Å². The summed E-state index contributed by atoms with van der Waals surface area (Å²) in [6.45, 7) is 1.82. The summed E-state index contributed by atoms with van der Waals surface area (Å²) in [5, 5.41) is 30.3. The van der Waals surface area contributed by atoms with Crippen LogP contribution in [0, 0.1) is 22.4 Å². The van der Waals surface area contributed by atoms with E-state index in [4.69, 9.17) is 30.4 Å². The molecule has 0 atom stereocenters. The number of rotatable bonds is 4. The number of ether oxygens (including phenoxy) is 2. The summed E-state index contributed by atoms with van der Waals surface area (Å²) in [6, 6.07) is 8.53. The predicted octanol–water partition coefficient (Wildman–Crippen LogP) is 1.48. The maximum atomic E-state index is 10.9. The van der Waals surface area contributed by atoms with Crippen molar-refractivity contribution in [3.05, 3.63) is 57.6 Å². The van der Waals surface area contributed by atoms with E-state index in [2.05, 4.69) is 5.10 Å². The fourth-order valence-corrected chi connectivity index (χ4v) is 2.58. The van der Waals surface area contributed by atoms with Crippen molar-refractivity contribution < 1.29 is 32.6 Å². The lowest BCUT2D eigenvalue weighted by Gasteiger charge is -2.06. The van der Waals surface area contributed by atoms with Gasteiger partial charge in [0.05, 0.1) is 27.7 Å². The van der Waals surface area contributed by atoms with Crippen LogP contribution in [0.3, 0.4) is 0 Å².